The number of fused-ring (bicyclic) bond motifs is 1. The normalized spacial score (nSPS) is 18.5. The van der Waals surface area contributed by atoms with Crippen molar-refractivity contribution < 1.29 is 4.79 Å². The van der Waals surface area contributed by atoms with Crippen LogP contribution in [0.1, 0.15) is 46.9 Å². The van der Waals surface area contributed by atoms with E-state index >= 15 is 0 Å². The lowest BCUT2D eigenvalue weighted by Gasteiger charge is -2.25. The summed E-state index contributed by atoms with van der Waals surface area (Å²) in [6.07, 6.45) is 3.81. The number of hydrogen-bond acceptors (Lipinski definition) is 3. The molecule has 1 atom stereocenters. The Balaban J connectivity index is 1.78. The van der Waals surface area contributed by atoms with Crippen molar-refractivity contribution in [2.24, 2.45) is 17.3 Å². The van der Waals surface area contributed by atoms with Crippen LogP contribution in [-0.2, 0) is 17.8 Å². The maximum atomic E-state index is 12.5. The average molecular weight is 342 g/mol. The summed E-state index contributed by atoms with van der Waals surface area (Å²) in [6.45, 7) is 13.1. The number of carbonyl (C=O) groups excluding carboxylic acids is 1. The topological polar surface area (TPSA) is 51.0 Å². The molecule has 0 unspecified atom stereocenters. The fourth-order valence-electron chi connectivity index (χ4n) is 3.63. The Hall–Kier alpha value is -1.91. The number of pyridine rings is 1. The van der Waals surface area contributed by atoms with Gasteiger partial charge in [0.05, 0.1) is 0 Å². The van der Waals surface area contributed by atoms with E-state index in [9.17, 15) is 4.79 Å². The molecule has 2 aromatic heterocycles. The number of nitrogens with zero attached hydrogens (tertiary/aromatic N) is 4. The lowest BCUT2D eigenvalue weighted by molar-refractivity contribution is -0.138. The van der Waals surface area contributed by atoms with Crippen LogP contribution in [0.25, 0.3) is 11.2 Å². The summed E-state index contributed by atoms with van der Waals surface area (Å²) in [4.78, 5) is 23.9. The van der Waals surface area contributed by atoms with E-state index in [4.69, 9.17) is 4.98 Å². The summed E-state index contributed by atoms with van der Waals surface area (Å²) >= 11 is 0. The number of amides is 1. The van der Waals surface area contributed by atoms with E-state index in [1.165, 1.54) is 0 Å². The highest BCUT2D eigenvalue weighted by molar-refractivity contribution is 5.81. The van der Waals surface area contributed by atoms with Gasteiger partial charge in [-0.2, -0.15) is 0 Å². The van der Waals surface area contributed by atoms with Crippen LogP contribution >= 0.6 is 0 Å². The van der Waals surface area contributed by atoms with Crippen molar-refractivity contribution in [3.63, 3.8) is 0 Å². The van der Waals surface area contributed by atoms with Gasteiger partial charge in [0.1, 0.15) is 11.3 Å². The summed E-state index contributed by atoms with van der Waals surface area (Å²) in [6, 6.07) is 3.98. The van der Waals surface area contributed by atoms with Crippen LogP contribution in [-0.4, -0.2) is 38.4 Å². The van der Waals surface area contributed by atoms with E-state index in [0.29, 0.717) is 11.8 Å². The molecule has 1 amide bonds. The third-order valence-electron chi connectivity index (χ3n) is 4.82. The Labute approximate surface area is 150 Å². The number of imidazole rings is 1. The van der Waals surface area contributed by atoms with Gasteiger partial charge in [-0.05, 0) is 30.4 Å². The van der Waals surface area contributed by atoms with E-state index in [1.807, 2.05) is 44.0 Å². The largest absolute Gasteiger partial charge is 0.342 e. The number of likely N-dealkylation sites (tertiary alicyclic amines) is 1. The van der Waals surface area contributed by atoms with Gasteiger partial charge in [0, 0.05) is 37.7 Å². The second kappa shape index (κ2) is 6.77. The Morgan fingerprint density at radius 2 is 2.12 bits per heavy atom. The molecule has 0 saturated carbocycles. The van der Waals surface area contributed by atoms with Gasteiger partial charge in [0.25, 0.3) is 0 Å². The van der Waals surface area contributed by atoms with Gasteiger partial charge in [-0.15, -0.1) is 0 Å². The SMILES string of the molecule is CC(C)Cn1c(C[C@@H]2CCN(C(=O)C(C)(C)C)C2)nc2cccnc21. The molecule has 0 N–H and O–H groups in total. The molecule has 3 rings (SSSR count). The van der Waals surface area contributed by atoms with Gasteiger partial charge in [-0.3, -0.25) is 4.79 Å². The molecule has 25 heavy (non-hydrogen) atoms. The molecule has 0 radical (unpaired) electrons. The van der Waals surface area contributed by atoms with Crippen molar-refractivity contribution in [3.8, 4) is 0 Å². The van der Waals surface area contributed by atoms with Gasteiger partial charge in [-0.1, -0.05) is 34.6 Å². The number of carbonyl (C=O) groups is 1. The number of aromatic nitrogens is 3. The summed E-state index contributed by atoms with van der Waals surface area (Å²) in [5.74, 6) is 2.39. The predicted molar refractivity (Wildman–Crippen MR) is 100 cm³/mol. The molecule has 0 aromatic carbocycles. The highest BCUT2D eigenvalue weighted by Crippen LogP contribution is 2.27. The number of rotatable bonds is 4. The molecule has 0 aliphatic carbocycles. The third-order valence-corrected chi connectivity index (χ3v) is 4.82. The molecular weight excluding hydrogens is 312 g/mol. The van der Waals surface area contributed by atoms with Crippen LogP contribution in [0.15, 0.2) is 18.3 Å². The molecule has 5 heteroatoms. The minimum Gasteiger partial charge on any atom is -0.342 e. The Kier molecular flexibility index (Phi) is 4.85. The molecule has 0 spiro atoms. The fraction of sp³-hybridized carbons (Fsp3) is 0.650. The minimum absolute atomic E-state index is 0.257. The van der Waals surface area contributed by atoms with Crippen LogP contribution in [0, 0.1) is 17.3 Å². The zero-order chi connectivity index (χ0) is 18.2. The Bertz CT molecular complexity index is 757. The van der Waals surface area contributed by atoms with Crippen molar-refractivity contribution >= 4 is 17.1 Å². The first kappa shape index (κ1) is 17.9. The molecule has 1 fully saturated rings. The highest BCUT2D eigenvalue weighted by Gasteiger charge is 2.33. The quantitative estimate of drug-likeness (QED) is 0.854. The summed E-state index contributed by atoms with van der Waals surface area (Å²) < 4.78 is 2.27. The summed E-state index contributed by atoms with van der Waals surface area (Å²) in [5.41, 5.74) is 1.65. The van der Waals surface area contributed by atoms with Gasteiger partial charge < -0.3 is 9.47 Å². The molecular formula is C20H30N4O. The first-order valence-electron chi connectivity index (χ1n) is 9.35. The molecule has 2 aromatic rings. The van der Waals surface area contributed by atoms with Crippen LogP contribution in [0.2, 0.25) is 0 Å². The van der Waals surface area contributed by atoms with Crippen molar-refractivity contribution in [1.82, 2.24) is 19.4 Å². The summed E-state index contributed by atoms with van der Waals surface area (Å²) in [7, 11) is 0. The van der Waals surface area contributed by atoms with Gasteiger partial charge >= 0.3 is 0 Å². The van der Waals surface area contributed by atoms with E-state index < -0.39 is 0 Å². The molecule has 1 saturated heterocycles. The fourth-order valence-corrected chi connectivity index (χ4v) is 3.63. The minimum atomic E-state index is -0.302. The molecule has 136 valence electrons. The van der Waals surface area contributed by atoms with Crippen molar-refractivity contribution in [2.75, 3.05) is 13.1 Å². The highest BCUT2D eigenvalue weighted by atomic mass is 16.2. The van der Waals surface area contributed by atoms with Crippen molar-refractivity contribution in [3.05, 3.63) is 24.2 Å². The molecule has 1 aliphatic rings. The Morgan fingerprint density at radius 1 is 1.36 bits per heavy atom. The lowest BCUT2D eigenvalue weighted by atomic mass is 9.95. The molecule has 3 heterocycles. The standard InChI is InChI=1S/C20H30N4O/c1-14(2)12-24-17(22-16-7-6-9-21-18(16)24)11-15-8-10-23(13-15)19(25)20(3,4)5/h6-7,9,14-15H,8,10-13H2,1-5H3/t15-/m0/s1. The van der Waals surface area contributed by atoms with Crippen LogP contribution in [0.5, 0.6) is 0 Å². The molecule has 1 aliphatic heterocycles. The zero-order valence-electron chi connectivity index (χ0n) is 16.1. The van der Waals surface area contributed by atoms with Crippen molar-refractivity contribution in [2.45, 2.75) is 54.0 Å². The van der Waals surface area contributed by atoms with Crippen LogP contribution < -0.4 is 0 Å². The van der Waals surface area contributed by atoms with Gasteiger partial charge in [0.15, 0.2) is 5.65 Å². The van der Waals surface area contributed by atoms with Crippen LogP contribution in [0.3, 0.4) is 0 Å². The van der Waals surface area contributed by atoms with Gasteiger partial charge in [-0.25, -0.2) is 9.97 Å². The zero-order valence-corrected chi connectivity index (χ0v) is 16.1. The molecule has 5 nitrogen and oxygen atoms in total. The predicted octanol–water partition coefficient (Wildman–Crippen LogP) is 3.52. The van der Waals surface area contributed by atoms with Crippen LogP contribution in [0.4, 0.5) is 0 Å². The second-order valence-corrected chi connectivity index (χ2v) is 8.74. The maximum absolute atomic E-state index is 12.5. The average Bonchev–Trinajstić information content (AvgIpc) is 3.11. The maximum Gasteiger partial charge on any atom is 0.227 e. The van der Waals surface area contributed by atoms with E-state index in [0.717, 1.165) is 49.5 Å². The van der Waals surface area contributed by atoms with Gasteiger partial charge in [0.2, 0.25) is 5.91 Å². The second-order valence-electron chi connectivity index (χ2n) is 8.74. The first-order chi connectivity index (χ1) is 11.8. The van der Waals surface area contributed by atoms with Crippen molar-refractivity contribution in [1.29, 1.82) is 0 Å². The monoisotopic (exact) mass is 342 g/mol. The smallest absolute Gasteiger partial charge is 0.227 e. The third kappa shape index (κ3) is 3.86. The number of hydrogen-bond donors (Lipinski definition) is 0. The lowest BCUT2D eigenvalue weighted by Crippen LogP contribution is -2.38. The van der Waals surface area contributed by atoms with E-state index in [1.54, 1.807) is 0 Å². The first-order valence-corrected chi connectivity index (χ1v) is 9.35. The van der Waals surface area contributed by atoms with E-state index in [2.05, 4.69) is 23.4 Å². The van der Waals surface area contributed by atoms with E-state index in [-0.39, 0.29) is 11.3 Å². The molecule has 0 bridgehead atoms. The summed E-state index contributed by atoms with van der Waals surface area (Å²) in [5, 5.41) is 0. The Morgan fingerprint density at radius 3 is 2.80 bits per heavy atom.